The summed E-state index contributed by atoms with van der Waals surface area (Å²) in [5.74, 6) is 0.599. The van der Waals surface area contributed by atoms with Gasteiger partial charge in [0.15, 0.2) is 0 Å². The third kappa shape index (κ3) is 4.60. The van der Waals surface area contributed by atoms with Gasteiger partial charge in [-0.1, -0.05) is 0 Å². The molecule has 10 aromatic carbocycles. The van der Waals surface area contributed by atoms with Crippen LogP contribution in [0.1, 0.15) is 0 Å². The Morgan fingerprint density at radius 2 is 0.578 bits per heavy atom. The van der Waals surface area contributed by atoms with Crippen LogP contribution in [0.2, 0.25) is 20.1 Å². The molecule has 64 heavy (non-hydrogen) atoms. The number of fused-ring (bicyclic) bond motifs is 4. The van der Waals surface area contributed by atoms with E-state index in [-0.39, 0.29) is 20.1 Å². The molecule has 4 heterocycles. The van der Waals surface area contributed by atoms with E-state index in [4.69, 9.17) is 52.0 Å². The van der Waals surface area contributed by atoms with Crippen LogP contribution in [0.25, 0.3) is 32.3 Å². The SMILES string of the molecule is Clc1c(Cl)c(Cl)c2c(c1Cl)[O][Bi]13([O]2)[c]2c4cccc2N(c2ccc5ccccc5c2)c2cccc([c]21)N(c1ccc2ccccc2c1)c1cccc([c]13)N4c1ccc2ccccc2c1. The van der Waals surface area contributed by atoms with Crippen molar-refractivity contribution in [1.29, 1.82) is 0 Å². The molecule has 0 fully saturated rings. The summed E-state index contributed by atoms with van der Waals surface area (Å²) >= 11 is 22.1. The molecule has 0 bridgehead atoms. The van der Waals surface area contributed by atoms with Gasteiger partial charge in [0.05, 0.1) is 0 Å². The van der Waals surface area contributed by atoms with Crippen molar-refractivity contribution in [3.05, 3.63) is 202 Å². The van der Waals surface area contributed by atoms with E-state index in [1.807, 2.05) is 0 Å². The van der Waals surface area contributed by atoms with Crippen LogP contribution < -0.4 is 30.1 Å². The van der Waals surface area contributed by atoms with E-state index < -0.39 is 19.7 Å². The Bertz CT molecular complexity index is 3330. The average Bonchev–Trinajstić information content (AvgIpc) is 3.69. The molecule has 0 unspecified atom stereocenters. The number of rotatable bonds is 3. The zero-order chi connectivity index (χ0) is 42.7. The van der Waals surface area contributed by atoms with Crippen LogP contribution in [0.3, 0.4) is 0 Å². The number of benzene rings is 10. The first-order valence-corrected chi connectivity index (χ1v) is 30.5. The summed E-state index contributed by atoms with van der Waals surface area (Å²) < 4.78 is 19.0. The number of nitrogens with zero attached hydrogens (tertiary/aromatic N) is 3. The first-order valence-electron chi connectivity index (χ1n) is 20.9. The fourth-order valence-electron chi connectivity index (χ4n) is 10.8. The topological polar surface area (TPSA) is 28.2 Å². The van der Waals surface area contributed by atoms with Crippen LogP contribution >= 0.6 is 46.4 Å². The van der Waals surface area contributed by atoms with Crippen molar-refractivity contribution in [3.63, 3.8) is 0 Å². The van der Waals surface area contributed by atoms with Gasteiger partial charge in [0.1, 0.15) is 0 Å². The zero-order valence-electron chi connectivity index (χ0n) is 33.4. The molecule has 4 aliphatic heterocycles. The fraction of sp³-hybridized carbons (Fsp3) is 0. The van der Waals surface area contributed by atoms with Gasteiger partial charge in [-0.25, -0.2) is 0 Å². The van der Waals surface area contributed by atoms with Crippen molar-refractivity contribution in [3.8, 4) is 11.5 Å². The number of halogens is 4. The molecule has 1 spiro atoms. The Morgan fingerprint density at radius 3 is 0.875 bits per heavy atom. The van der Waals surface area contributed by atoms with Gasteiger partial charge in [0.25, 0.3) is 0 Å². The molecule has 14 rings (SSSR count). The minimum absolute atomic E-state index is 0.115. The predicted octanol–water partition coefficient (Wildman–Crippen LogP) is 15.0. The molecule has 0 atom stereocenters. The molecule has 10 aromatic rings. The molecule has 0 saturated carbocycles. The normalized spacial score (nSPS) is 16.0. The second kappa shape index (κ2) is 13.1. The Labute approximate surface area is 390 Å². The molecule has 306 valence electrons. The Hall–Kier alpha value is -5.98. The molecule has 0 N–H and O–H groups in total. The van der Waals surface area contributed by atoms with Crippen LogP contribution in [0.15, 0.2) is 182 Å². The van der Waals surface area contributed by atoms with Gasteiger partial charge < -0.3 is 0 Å². The van der Waals surface area contributed by atoms with Crippen LogP contribution in [0, 0.1) is 0 Å². The van der Waals surface area contributed by atoms with E-state index in [1.165, 1.54) is 0 Å². The monoisotopic (exact) mass is 1100 g/mol. The second-order valence-corrected chi connectivity index (χ2v) is 32.2. The van der Waals surface area contributed by atoms with E-state index in [2.05, 4.69) is 197 Å². The van der Waals surface area contributed by atoms with E-state index in [1.54, 1.807) is 0 Å². The predicted molar refractivity (Wildman–Crippen MR) is 269 cm³/mol. The molecule has 0 radical (unpaired) electrons. The first-order chi connectivity index (χ1) is 31.3. The van der Waals surface area contributed by atoms with Crippen LogP contribution in [0.5, 0.6) is 11.5 Å². The van der Waals surface area contributed by atoms with Crippen LogP contribution in [-0.2, 0) is 0 Å². The Morgan fingerprint density at radius 1 is 0.297 bits per heavy atom. The van der Waals surface area contributed by atoms with E-state index in [0.29, 0.717) is 11.5 Å². The Kier molecular flexibility index (Phi) is 7.64. The molecular formula is C54H30BiCl4N3O2. The molecular weight excluding hydrogens is 1070 g/mol. The molecule has 0 aliphatic carbocycles. The van der Waals surface area contributed by atoms with Gasteiger partial charge in [-0.3, -0.25) is 0 Å². The maximum absolute atomic E-state index is 8.07. The van der Waals surface area contributed by atoms with E-state index >= 15 is 0 Å². The summed E-state index contributed by atoms with van der Waals surface area (Å²) in [6.07, 6.45) is 0. The van der Waals surface area contributed by atoms with Gasteiger partial charge in [-0.05, 0) is 0 Å². The Balaban J connectivity index is 1.19. The van der Waals surface area contributed by atoms with Crippen molar-refractivity contribution in [2.45, 2.75) is 0 Å². The maximum atomic E-state index is 8.07. The third-order valence-corrected chi connectivity index (χ3v) is 34.0. The number of hydrogen-bond acceptors (Lipinski definition) is 5. The quantitative estimate of drug-likeness (QED) is 0.0999. The van der Waals surface area contributed by atoms with Crippen molar-refractivity contribution in [1.82, 2.24) is 0 Å². The van der Waals surface area contributed by atoms with Crippen molar-refractivity contribution < 1.29 is 5.63 Å². The third-order valence-electron chi connectivity index (χ3n) is 13.3. The van der Waals surface area contributed by atoms with Gasteiger partial charge in [0.2, 0.25) is 0 Å². The first kappa shape index (κ1) is 37.4. The molecule has 5 nitrogen and oxygen atoms in total. The van der Waals surface area contributed by atoms with Gasteiger partial charge >= 0.3 is 393 Å². The van der Waals surface area contributed by atoms with Gasteiger partial charge in [-0.15, -0.1) is 0 Å². The molecule has 4 aliphatic rings. The van der Waals surface area contributed by atoms with Gasteiger partial charge in [-0.2, -0.15) is 0 Å². The summed E-state index contributed by atoms with van der Waals surface area (Å²) in [5, 5.41) is 7.38. The summed E-state index contributed by atoms with van der Waals surface area (Å²) in [6.45, 7) is 0. The zero-order valence-corrected chi connectivity index (χ0v) is 39.9. The second-order valence-electron chi connectivity index (χ2n) is 16.6. The standard InChI is InChI=1S/C48H30N3.C6H2Cl4O2.Bi/c1-4-13-37-28-46(25-22-34(37)10-1)49-40-16-7-18-42(31-40)50(47-26-23-35-11-2-5-14-38(35)29-47)44-20-9-21-45(33-44)51(43-19-8-17-41(49)32-43)48-27-24-36-12-3-6-15-39(36)30-48;7-1-2(8)4(10)6(12)5(11)3(1)9;/h1-30H;11-12H;/q;;+2/p-2. The number of anilines is 9. The molecule has 0 aromatic heterocycles. The molecule has 0 saturated heterocycles. The van der Waals surface area contributed by atoms with Crippen LogP contribution in [-0.4, -0.2) is 19.7 Å². The summed E-state index contributed by atoms with van der Waals surface area (Å²) in [5.41, 5.74) is 8.61. The molecule has 0 amide bonds. The van der Waals surface area contributed by atoms with Crippen molar-refractivity contribution in [2.24, 2.45) is 0 Å². The number of hydrogen-bond donors (Lipinski definition) is 0. The molecule has 10 heteroatoms. The summed E-state index contributed by atoms with van der Waals surface area (Å²) in [6, 6.07) is 64.9. The van der Waals surface area contributed by atoms with E-state index in [9.17, 15) is 0 Å². The summed E-state index contributed by atoms with van der Waals surface area (Å²) in [4.78, 5) is 7.14. The van der Waals surface area contributed by atoms with Crippen LogP contribution in [0.4, 0.5) is 51.2 Å². The summed E-state index contributed by atoms with van der Waals surface area (Å²) in [7, 11) is 0. The van der Waals surface area contributed by atoms with Gasteiger partial charge in [0, 0.05) is 0 Å². The fourth-order valence-corrected chi connectivity index (χ4v) is 34.9. The van der Waals surface area contributed by atoms with E-state index in [0.717, 1.165) is 93.3 Å². The van der Waals surface area contributed by atoms with Crippen molar-refractivity contribution in [2.75, 3.05) is 14.7 Å². The minimum atomic E-state index is -6.40. The average molecular weight is 1100 g/mol. The van der Waals surface area contributed by atoms with Crippen molar-refractivity contribution >= 4 is 159 Å².